The van der Waals surface area contributed by atoms with Gasteiger partial charge in [-0.15, -0.1) is 0 Å². The second-order valence-corrected chi connectivity index (χ2v) is 5.93. The zero-order valence-electron chi connectivity index (χ0n) is 10.8. The minimum Gasteiger partial charge on any atom is -0.442 e. The Morgan fingerprint density at radius 2 is 2.16 bits per heavy atom. The van der Waals surface area contributed by atoms with Crippen LogP contribution in [0.4, 0.5) is 4.79 Å². The Balaban J connectivity index is 2.56. The smallest absolute Gasteiger partial charge is 0.435 e. The number of nitrogens with zero attached hydrogens (tertiary/aromatic N) is 3. The number of halogens is 1. The fourth-order valence-electron chi connectivity index (χ4n) is 1.62. The molecule has 5 nitrogen and oxygen atoms in total. The first kappa shape index (κ1) is 13.6. The summed E-state index contributed by atoms with van der Waals surface area (Å²) in [5.41, 5.74) is 0.133. The van der Waals surface area contributed by atoms with Crippen molar-refractivity contribution in [2.75, 3.05) is 0 Å². The van der Waals surface area contributed by atoms with E-state index in [1.807, 2.05) is 6.07 Å². The van der Waals surface area contributed by atoms with Crippen LogP contribution in [0.15, 0.2) is 22.7 Å². The number of rotatable bonds is 0. The number of nitriles is 1. The van der Waals surface area contributed by atoms with Gasteiger partial charge in [-0.2, -0.15) is 15.0 Å². The number of benzene rings is 1. The predicted octanol–water partition coefficient (Wildman–Crippen LogP) is 3.45. The van der Waals surface area contributed by atoms with Crippen molar-refractivity contribution in [3.05, 3.63) is 28.4 Å². The van der Waals surface area contributed by atoms with Crippen molar-refractivity contribution in [2.24, 2.45) is 0 Å². The Kier molecular flexibility index (Phi) is 3.33. The minimum absolute atomic E-state index is 0.196. The van der Waals surface area contributed by atoms with E-state index in [1.165, 1.54) is 0 Å². The summed E-state index contributed by atoms with van der Waals surface area (Å²) < 4.78 is 7.20. The molecule has 0 aliphatic rings. The monoisotopic (exact) mass is 321 g/mol. The summed E-state index contributed by atoms with van der Waals surface area (Å²) in [5, 5.41) is 13.7. The first-order chi connectivity index (χ1) is 8.81. The Morgan fingerprint density at radius 3 is 2.74 bits per heavy atom. The lowest BCUT2D eigenvalue weighted by Gasteiger charge is -2.19. The van der Waals surface area contributed by atoms with E-state index >= 15 is 0 Å². The van der Waals surface area contributed by atoms with Crippen LogP contribution in [0.25, 0.3) is 10.9 Å². The highest BCUT2D eigenvalue weighted by Crippen LogP contribution is 2.23. The number of hydrogen-bond acceptors (Lipinski definition) is 4. The molecule has 0 N–H and O–H groups in total. The van der Waals surface area contributed by atoms with Crippen LogP contribution in [-0.4, -0.2) is 21.5 Å². The fraction of sp³-hybridized carbons (Fsp3) is 0.308. The molecule has 2 rings (SSSR count). The van der Waals surface area contributed by atoms with Crippen molar-refractivity contribution in [1.29, 1.82) is 5.26 Å². The summed E-state index contributed by atoms with van der Waals surface area (Å²) in [6.45, 7) is 5.33. The zero-order valence-corrected chi connectivity index (χ0v) is 12.4. The summed E-state index contributed by atoms with van der Waals surface area (Å²) in [7, 11) is 0. The average Bonchev–Trinajstić information content (AvgIpc) is 2.64. The van der Waals surface area contributed by atoms with Crippen molar-refractivity contribution >= 4 is 32.9 Å². The van der Waals surface area contributed by atoms with Crippen LogP contribution in [0.1, 0.15) is 26.5 Å². The molecule has 0 saturated carbocycles. The summed E-state index contributed by atoms with van der Waals surface area (Å²) >= 11 is 3.33. The topological polar surface area (TPSA) is 67.9 Å². The first-order valence-corrected chi connectivity index (χ1v) is 6.43. The van der Waals surface area contributed by atoms with Gasteiger partial charge in [-0.25, -0.2) is 4.79 Å². The van der Waals surface area contributed by atoms with E-state index in [0.717, 1.165) is 9.15 Å². The van der Waals surface area contributed by atoms with E-state index in [2.05, 4.69) is 21.0 Å². The highest BCUT2D eigenvalue weighted by molar-refractivity contribution is 9.10. The molecule has 0 saturated heterocycles. The SMILES string of the molecule is CC(C)(C)OC(=O)n1nc(C#N)c2cc(Br)ccc21. The van der Waals surface area contributed by atoms with Crippen LogP contribution >= 0.6 is 15.9 Å². The van der Waals surface area contributed by atoms with Crippen LogP contribution in [0.3, 0.4) is 0 Å². The van der Waals surface area contributed by atoms with Crippen LogP contribution in [-0.2, 0) is 4.74 Å². The summed E-state index contributed by atoms with van der Waals surface area (Å²) in [6, 6.07) is 7.23. The highest BCUT2D eigenvalue weighted by Gasteiger charge is 2.22. The molecule has 2 aromatic rings. The molecular weight excluding hydrogens is 310 g/mol. The third-order valence-electron chi connectivity index (χ3n) is 2.31. The van der Waals surface area contributed by atoms with Gasteiger partial charge >= 0.3 is 6.09 Å². The second kappa shape index (κ2) is 4.67. The molecule has 1 heterocycles. The molecule has 0 aliphatic heterocycles. The van der Waals surface area contributed by atoms with E-state index in [4.69, 9.17) is 10.00 Å². The number of ether oxygens (including phenoxy) is 1. The molecule has 1 aromatic heterocycles. The van der Waals surface area contributed by atoms with Crippen LogP contribution in [0.2, 0.25) is 0 Å². The third-order valence-corrected chi connectivity index (χ3v) is 2.81. The van der Waals surface area contributed by atoms with Gasteiger partial charge in [0.2, 0.25) is 0 Å². The first-order valence-electron chi connectivity index (χ1n) is 5.63. The molecule has 98 valence electrons. The molecule has 0 radical (unpaired) electrons. The minimum atomic E-state index is -0.614. The van der Waals surface area contributed by atoms with Crippen LogP contribution in [0, 0.1) is 11.3 Å². The maximum Gasteiger partial charge on any atom is 0.435 e. The predicted molar refractivity (Wildman–Crippen MR) is 73.8 cm³/mol. The molecule has 0 fully saturated rings. The zero-order chi connectivity index (χ0) is 14.2. The van der Waals surface area contributed by atoms with Crippen molar-refractivity contribution in [2.45, 2.75) is 26.4 Å². The van der Waals surface area contributed by atoms with Gasteiger partial charge in [0, 0.05) is 9.86 Å². The van der Waals surface area contributed by atoms with Gasteiger partial charge in [0.25, 0.3) is 0 Å². The Bertz CT molecular complexity index is 692. The molecule has 0 spiro atoms. The van der Waals surface area contributed by atoms with E-state index in [1.54, 1.807) is 39.0 Å². The third kappa shape index (κ3) is 2.76. The van der Waals surface area contributed by atoms with Crippen molar-refractivity contribution in [1.82, 2.24) is 9.78 Å². The maximum absolute atomic E-state index is 12.0. The normalized spacial score (nSPS) is 11.3. The molecule has 1 aromatic carbocycles. The number of hydrogen-bond donors (Lipinski definition) is 0. The fourth-order valence-corrected chi connectivity index (χ4v) is 1.98. The number of carbonyl (C=O) groups excluding carboxylic acids is 1. The molecule has 0 atom stereocenters. The van der Waals surface area contributed by atoms with Crippen molar-refractivity contribution in [3.63, 3.8) is 0 Å². The Hall–Kier alpha value is -1.87. The van der Waals surface area contributed by atoms with Gasteiger partial charge < -0.3 is 4.74 Å². The molecule has 6 heteroatoms. The van der Waals surface area contributed by atoms with E-state index in [0.29, 0.717) is 10.9 Å². The summed E-state index contributed by atoms with van der Waals surface area (Å²) in [4.78, 5) is 12.0. The Labute approximate surface area is 118 Å². The van der Waals surface area contributed by atoms with Crippen LogP contribution < -0.4 is 0 Å². The van der Waals surface area contributed by atoms with Gasteiger partial charge in [-0.1, -0.05) is 15.9 Å². The summed E-state index contributed by atoms with van der Waals surface area (Å²) in [6.07, 6.45) is -0.596. The maximum atomic E-state index is 12.0. The molecule has 0 bridgehead atoms. The molecule has 0 amide bonds. The quantitative estimate of drug-likeness (QED) is 0.745. The van der Waals surface area contributed by atoms with Gasteiger partial charge in [-0.3, -0.25) is 0 Å². The lowest BCUT2D eigenvalue weighted by Crippen LogP contribution is -2.27. The Morgan fingerprint density at radius 1 is 1.47 bits per heavy atom. The largest absolute Gasteiger partial charge is 0.442 e. The number of carbonyl (C=O) groups is 1. The molecule has 0 unspecified atom stereocenters. The van der Waals surface area contributed by atoms with Gasteiger partial charge in [-0.05, 0) is 39.0 Å². The van der Waals surface area contributed by atoms with Gasteiger partial charge in [0.15, 0.2) is 5.69 Å². The molecule has 0 aliphatic carbocycles. The van der Waals surface area contributed by atoms with E-state index in [-0.39, 0.29) is 5.69 Å². The van der Waals surface area contributed by atoms with Gasteiger partial charge in [0.1, 0.15) is 11.7 Å². The average molecular weight is 322 g/mol. The standard InChI is InChI=1S/C13H12BrN3O2/c1-13(2,3)19-12(18)17-11-5-4-8(14)6-9(11)10(7-15)16-17/h4-6H,1-3H3. The lowest BCUT2D eigenvalue weighted by molar-refractivity contribution is 0.0522. The highest BCUT2D eigenvalue weighted by atomic mass is 79.9. The van der Waals surface area contributed by atoms with Crippen molar-refractivity contribution in [3.8, 4) is 6.07 Å². The summed E-state index contributed by atoms with van der Waals surface area (Å²) in [5.74, 6) is 0. The van der Waals surface area contributed by atoms with Crippen molar-refractivity contribution < 1.29 is 9.53 Å². The second-order valence-electron chi connectivity index (χ2n) is 5.01. The van der Waals surface area contributed by atoms with Gasteiger partial charge in [0.05, 0.1) is 5.52 Å². The molecular formula is C13H12BrN3O2. The number of fused-ring (bicyclic) bond motifs is 1. The van der Waals surface area contributed by atoms with Crippen LogP contribution in [0.5, 0.6) is 0 Å². The molecule has 19 heavy (non-hydrogen) atoms. The number of aromatic nitrogens is 2. The van der Waals surface area contributed by atoms with E-state index < -0.39 is 11.7 Å². The lowest BCUT2D eigenvalue weighted by atomic mass is 10.2. The van der Waals surface area contributed by atoms with E-state index in [9.17, 15) is 4.79 Å².